The number of para-hydroxylation sites is 1. The molecule has 0 spiro atoms. The van der Waals surface area contributed by atoms with Crippen LogP contribution in [0.4, 0.5) is 11.5 Å². The Labute approximate surface area is 181 Å². The molecule has 0 fully saturated rings. The lowest BCUT2D eigenvalue weighted by Gasteiger charge is -2.19. The Morgan fingerprint density at radius 2 is 1.81 bits per heavy atom. The molecule has 0 atom stereocenters. The van der Waals surface area contributed by atoms with Gasteiger partial charge in [0.05, 0.1) is 18.7 Å². The molecule has 1 aliphatic heterocycles. The van der Waals surface area contributed by atoms with Gasteiger partial charge in [0, 0.05) is 11.1 Å². The van der Waals surface area contributed by atoms with Gasteiger partial charge < -0.3 is 4.74 Å². The summed E-state index contributed by atoms with van der Waals surface area (Å²) in [6.07, 6.45) is 1.76. The number of fused-ring (bicyclic) bond motifs is 1. The van der Waals surface area contributed by atoms with Crippen molar-refractivity contribution >= 4 is 23.4 Å². The molecular formula is C25H25N3O3. The van der Waals surface area contributed by atoms with Gasteiger partial charge in [0.25, 0.3) is 0 Å². The number of carbonyl (C=O) groups is 2. The Balaban J connectivity index is 1.86. The highest BCUT2D eigenvalue weighted by molar-refractivity contribution is 6.09. The topological polar surface area (TPSA) is 72.4 Å². The van der Waals surface area contributed by atoms with E-state index in [0.29, 0.717) is 23.8 Å². The van der Waals surface area contributed by atoms with E-state index >= 15 is 0 Å². The zero-order chi connectivity index (χ0) is 22.0. The van der Waals surface area contributed by atoms with Crippen LogP contribution >= 0.6 is 0 Å². The highest BCUT2D eigenvalue weighted by Gasteiger charge is 2.36. The predicted octanol–water partition coefficient (Wildman–Crippen LogP) is 4.94. The summed E-state index contributed by atoms with van der Waals surface area (Å²) in [6, 6.07) is 15.4. The smallest absolute Gasteiger partial charge is 0.357 e. The lowest BCUT2D eigenvalue weighted by Crippen LogP contribution is -2.22. The molecule has 6 heteroatoms. The van der Waals surface area contributed by atoms with Crippen LogP contribution in [0.2, 0.25) is 0 Å². The molecule has 3 aromatic rings. The number of amides is 1. The Hall–Kier alpha value is -3.54. The van der Waals surface area contributed by atoms with E-state index in [4.69, 9.17) is 9.72 Å². The van der Waals surface area contributed by atoms with Gasteiger partial charge in [-0.05, 0) is 31.9 Å². The second-order valence-corrected chi connectivity index (χ2v) is 7.75. The van der Waals surface area contributed by atoms with E-state index in [-0.39, 0.29) is 18.0 Å². The number of esters is 1. The number of aryl methyl sites for hydroxylation is 2. The largest absolute Gasteiger partial charge is 0.461 e. The van der Waals surface area contributed by atoms with Gasteiger partial charge in [-0.3, -0.25) is 9.69 Å². The average molecular weight is 415 g/mol. The number of hydrogen-bond donors (Lipinski definition) is 0. The molecule has 0 saturated carbocycles. The summed E-state index contributed by atoms with van der Waals surface area (Å²) in [7, 11) is 0. The van der Waals surface area contributed by atoms with Crippen molar-refractivity contribution in [3.63, 3.8) is 0 Å². The summed E-state index contributed by atoms with van der Waals surface area (Å²) in [5.74, 6) is 0.198. The summed E-state index contributed by atoms with van der Waals surface area (Å²) in [5.41, 5.74) is 4.28. The summed E-state index contributed by atoms with van der Waals surface area (Å²) < 4.78 is 5.44. The van der Waals surface area contributed by atoms with Crippen LogP contribution in [0.3, 0.4) is 0 Å². The first kappa shape index (κ1) is 20.7. The zero-order valence-corrected chi connectivity index (χ0v) is 18.0. The van der Waals surface area contributed by atoms with Crippen molar-refractivity contribution in [2.45, 2.75) is 40.0 Å². The Morgan fingerprint density at radius 3 is 2.52 bits per heavy atom. The fourth-order valence-corrected chi connectivity index (χ4v) is 3.61. The van der Waals surface area contributed by atoms with E-state index in [0.717, 1.165) is 35.2 Å². The molecule has 0 unspecified atom stereocenters. The number of anilines is 2. The minimum absolute atomic E-state index is 0.0655. The molecular weight excluding hydrogens is 390 g/mol. The lowest BCUT2D eigenvalue weighted by molar-refractivity contribution is -0.116. The number of benzene rings is 2. The van der Waals surface area contributed by atoms with Crippen LogP contribution in [-0.4, -0.2) is 28.5 Å². The highest BCUT2D eigenvalue weighted by atomic mass is 16.5. The Morgan fingerprint density at radius 1 is 1.06 bits per heavy atom. The van der Waals surface area contributed by atoms with Gasteiger partial charge in [-0.2, -0.15) is 0 Å². The number of unbranched alkanes of at least 4 members (excludes halogenated alkanes) is 1. The molecule has 6 nitrogen and oxygen atoms in total. The van der Waals surface area contributed by atoms with Gasteiger partial charge in [-0.1, -0.05) is 61.4 Å². The normalized spacial score (nSPS) is 12.7. The molecule has 2 aromatic carbocycles. The van der Waals surface area contributed by atoms with Crippen molar-refractivity contribution in [2.75, 3.05) is 11.5 Å². The molecule has 0 aliphatic carbocycles. The first-order valence-corrected chi connectivity index (χ1v) is 10.5. The third kappa shape index (κ3) is 4.06. The molecule has 1 aliphatic rings. The number of aromatic nitrogens is 2. The van der Waals surface area contributed by atoms with Gasteiger partial charge in [0.2, 0.25) is 5.91 Å². The van der Waals surface area contributed by atoms with Crippen LogP contribution in [0, 0.1) is 13.8 Å². The van der Waals surface area contributed by atoms with Crippen LogP contribution in [-0.2, 0) is 16.0 Å². The van der Waals surface area contributed by atoms with Gasteiger partial charge in [0.15, 0.2) is 11.5 Å². The van der Waals surface area contributed by atoms with Crippen LogP contribution in [0.25, 0.3) is 11.4 Å². The number of nitrogens with zero attached hydrogens (tertiary/aromatic N) is 3. The second kappa shape index (κ2) is 8.68. The average Bonchev–Trinajstić information content (AvgIpc) is 3.09. The van der Waals surface area contributed by atoms with E-state index in [9.17, 15) is 9.59 Å². The minimum atomic E-state index is -0.514. The maximum Gasteiger partial charge on any atom is 0.357 e. The first-order valence-electron chi connectivity index (χ1n) is 10.5. The highest BCUT2D eigenvalue weighted by Crippen LogP contribution is 2.38. The van der Waals surface area contributed by atoms with Crippen molar-refractivity contribution in [3.8, 4) is 11.4 Å². The molecule has 158 valence electrons. The quantitative estimate of drug-likeness (QED) is 0.421. The van der Waals surface area contributed by atoms with Gasteiger partial charge in [0.1, 0.15) is 5.82 Å². The maximum atomic E-state index is 13.0. The van der Waals surface area contributed by atoms with Crippen molar-refractivity contribution < 1.29 is 14.3 Å². The molecule has 0 N–H and O–H groups in total. The summed E-state index contributed by atoms with van der Waals surface area (Å²) >= 11 is 0. The molecule has 31 heavy (non-hydrogen) atoms. The SMILES string of the molecule is CCCCOC(=O)c1nc(-c2ccc(C)cc2)nc2c1CC(=O)N2c1ccccc1C. The summed E-state index contributed by atoms with van der Waals surface area (Å²) in [6.45, 7) is 6.30. The minimum Gasteiger partial charge on any atom is -0.461 e. The summed E-state index contributed by atoms with van der Waals surface area (Å²) in [4.78, 5) is 36.8. The van der Waals surface area contributed by atoms with Gasteiger partial charge in [-0.25, -0.2) is 14.8 Å². The Kier molecular flexibility index (Phi) is 5.80. The van der Waals surface area contributed by atoms with Crippen molar-refractivity contribution in [3.05, 3.63) is 70.9 Å². The van der Waals surface area contributed by atoms with Crippen LogP contribution in [0.5, 0.6) is 0 Å². The fraction of sp³-hybridized carbons (Fsp3) is 0.280. The Bertz CT molecular complexity index is 1140. The van der Waals surface area contributed by atoms with E-state index < -0.39 is 5.97 Å². The number of hydrogen-bond acceptors (Lipinski definition) is 5. The molecule has 1 amide bonds. The standard InChI is InChI=1S/C25H25N3O3/c1-4-5-14-31-25(30)22-19-15-21(29)28(20-9-7-6-8-17(20)3)24(19)27-23(26-22)18-12-10-16(2)11-13-18/h6-13H,4-5,14-15H2,1-3H3. The third-order valence-corrected chi connectivity index (χ3v) is 5.36. The van der Waals surface area contributed by atoms with E-state index in [1.54, 1.807) is 4.90 Å². The van der Waals surface area contributed by atoms with Crippen molar-refractivity contribution in [1.82, 2.24) is 9.97 Å². The summed E-state index contributed by atoms with van der Waals surface area (Å²) in [5, 5.41) is 0. The second-order valence-electron chi connectivity index (χ2n) is 7.75. The van der Waals surface area contributed by atoms with Crippen molar-refractivity contribution in [2.24, 2.45) is 0 Å². The molecule has 0 radical (unpaired) electrons. The first-order chi connectivity index (χ1) is 15.0. The number of rotatable bonds is 6. The third-order valence-electron chi connectivity index (χ3n) is 5.36. The molecule has 0 bridgehead atoms. The fourth-order valence-electron chi connectivity index (χ4n) is 3.61. The van der Waals surface area contributed by atoms with Crippen LogP contribution in [0.1, 0.15) is 46.9 Å². The van der Waals surface area contributed by atoms with E-state index in [2.05, 4.69) is 4.98 Å². The molecule has 0 saturated heterocycles. The number of carbonyl (C=O) groups excluding carboxylic acids is 2. The lowest BCUT2D eigenvalue weighted by atomic mass is 10.1. The van der Waals surface area contributed by atoms with E-state index in [1.165, 1.54) is 0 Å². The van der Waals surface area contributed by atoms with Crippen LogP contribution < -0.4 is 4.90 Å². The zero-order valence-electron chi connectivity index (χ0n) is 18.0. The van der Waals surface area contributed by atoms with Crippen molar-refractivity contribution in [1.29, 1.82) is 0 Å². The molecule has 2 heterocycles. The monoisotopic (exact) mass is 415 g/mol. The van der Waals surface area contributed by atoms with Gasteiger partial charge >= 0.3 is 5.97 Å². The van der Waals surface area contributed by atoms with Crippen LogP contribution in [0.15, 0.2) is 48.5 Å². The maximum absolute atomic E-state index is 13.0. The number of ether oxygens (including phenoxy) is 1. The van der Waals surface area contributed by atoms with Gasteiger partial charge in [-0.15, -0.1) is 0 Å². The molecule has 4 rings (SSSR count). The van der Waals surface area contributed by atoms with E-state index in [1.807, 2.05) is 69.3 Å². The predicted molar refractivity (Wildman–Crippen MR) is 119 cm³/mol. The molecule has 1 aromatic heterocycles.